The van der Waals surface area contributed by atoms with Crippen LogP contribution in [0.2, 0.25) is 0 Å². The number of nitrogens with zero attached hydrogens (tertiary/aromatic N) is 5. The molecule has 5 rings (SSSR count). The van der Waals surface area contributed by atoms with E-state index in [0.717, 1.165) is 66.6 Å². The Labute approximate surface area is 182 Å². The largest absolute Gasteiger partial charge is 0.322 e. The zero-order valence-electron chi connectivity index (χ0n) is 18.5. The van der Waals surface area contributed by atoms with Gasteiger partial charge in [0.2, 0.25) is 0 Å². The average molecular weight is 421 g/mol. The van der Waals surface area contributed by atoms with E-state index < -0.39 is 0 Å². The molecular weight excluding hydrogens is 388 g/mol. The lowest BCUT2D eigenvalue weighted by atomic mass is 9.93. The summed E-state index contributed by atoms with van der Waals surface area (Å²) in [6, 6.07) is 8.36. The summed E-state index contributed by atoms with van der Waals surface area (Å²) in [7, 11) is 0. The Kier molecular flexibility index (Phi) is 5.61. The Bertz CT molecular complexity index is 1100. The maximum Gasteiger partial charge on any atom is 0.253 e. The Morgan fingerprint density at radius 1 is 1.06 bits per heavy atom. The number of fused-ring (bicyclic) bond motifs is 1. The number of pyridine rings is 1. The summed E-state index contributed by atoms with van der Waals surface area (Å²) < 4.78 is 2.03. The van der Waals surface area contributed by atoms with Crippen LogP contribution in [-0.2, 0) is 0 Å². The predicted octanol–water partition coefficient (Wildman–Crippen LogP) is 4.15. The van der Waals surface area contributed by atoms with Gasteiger partial charge in [0.15, 0.2) is 5.82 Å². The smallest absolute Gasteiger partial charge is 0.253 e. The minimum atomic E-state index is -0.223. The molecule has 1 aliphatic heterocycles. The number of likely N-dealkylation sites (tertiary alicyclic amines) is 1. The Morgan fingerprint density at radius 3 is 2.61 bits per heavy atom. The van der Waals surface area contributed by atoms with Gasteiger partial charge in [0.25, 0.3) is 5.56 Å². The zero-order chi connectivity index (χ0) is 21.4. The van der Waals surface area contributed by atoms with Crippen LogP contribution in [0, 0.1) is 12.8 Å². The highest BCUT2D eigenvalue weighted by Crippen LogP contribution is 2.34. The first kappa shape index (κ1) is 20.4. The van der Waals surface area contributed by atoms with Gasteiger partial charge in [-0.25, -0.2) is 4.68 Å². The lowest BCUT2D eigenvalue weighted by Gasteiger charge is -2.36. The molecule has 3 aromatic rings. The van der Waals surface area contributed by atoms with Crippen LogP contribution in [0.15, 0.2) is 29.1 Å². The molecule has 2 aromatic heterocycles. The summed E-state index contributed by atoms with van der Waals surface area (Å²) in [6.45, 7) is 6.26. The lowest BCUT2D eigenvalue weighted by Crippen LogP contribution is -2.40. The monoisotopic (exact) mass is 420 g/mol. The fraction of sp³-hybridized carbons (Fsp3) is 0.583. The Balaban J connectivity index is 1.62. The summed E-state index contributed by atoms with van der Waals surface area (Å²) in [5.74, 6) is 1.53. The van der Waals surface area contributed by atoms with E-state index in [9.17, 15) is 4.79 Å². The first-order chi connectivity index (χ1) is 15.1. The highest BCUT2D eigenvalue weighted by molar-refractivity contribution is 5.79. The van der Waals surface area contributed by atoms with Gasteiger partial charge in [-0.1, -0.05) is 38.3 Å². The number of aromatic nitrogens is 5. The number of hydrogen-bond donors (Lipinski definition) is 1. The van der Waals surface area contributed by atoms with E-state index in [4.69, 9.17) is 0 Å². The highest BCUT2D eigenvalue weighted by atomic mass is 16.1. The van der Waals surface area contributed by atoms with Crippen LogP contribution >= 0.6 is 0 Å². The van der Waals surface area contributed by atoms with E-state index in [1.807, 2.05) is 17.7 Å². The number of aromatic amines is 1. The Morgan fingerprint density at radius 2 is 1.84 bits per heavy atom. The third-order valence-electron chi connectivity index (χ3n) is 7.19. The van der Waals surface area contributed by atoms with Crippen molar-refractivity contribution in [2.75, 3.05) is 13.1 Å². The van der Waals surface area contributed by atoms with Crippen molar-refractivity contribution >= 4 is 10.9 Å². The first-order valence-electron chi connectivity index (χ1n) is 11.8. The van der Waals surface area contributed by atoms with Crippen LogP contribution in [0.5, 0.6) is 0 Å². The molecule has 1 saturated heterocycles. The van der Waals surface area contributed by atoms with Gasteiger partial charge in [-0.05, 0) is 85.1 Å². The van der Waals surface area contributed by atoms with Crippen molar-refractivity contribution in [3.05, 3.63) is 51.6 Å². The van der Waals surface area contributed by atoms with Crippen LogP contribution in [-0.4, -0.2) is 43.2 Å². The minimum Gasteiger partial charge on any atom is -0.322 e. The van der Waals surface area contributed by atoms with Crippen molar-refractivity contribution < 1.29 is 0 Å². The maximum atomic E-state index is 13.3. The Hall–Kier alpha value is -2.54. The van der Waals surface area contributed by atoms with Gasteiger partial charge in [-0.15, -0.1) is 5.10 Å². The molecule has 1 aliphatic carbocycles. The van der Waals surface area contributed by atoms with Crippen molar-refractivity contribution in [1.29, 1.82) is 0 Å². The van der Waals surface area contributed by atoms with Crippen molar-refractivity contribution in [1.82, 2.24) is 30.1 Å². The second-order valence-corrected chi connectivity index (χ2v) is 9.54. The normalized spacial score (nSPS) is 20.3. The molecule has 1 aromatic carbocycles. The molecule has 3 heterocycles. The number of rotatable bonds is 4. The average Bonchev–Trinajstić information content (AvgIpc) is 3.26. The molecule has 1 atom stereocenters. The van der Waals surface area contributed by atoms with Crippen LogP contribution in [0.25, 0.3) is 10.9 Å². The molecule has 7 heteroatoms. The molecular formula is C24H32N6O. The van der Waals surface area contributed by atoms with Gasteiger partial charge in [-0.3, -0.25) is 9.69 Å². The van der Waals surface area contributed by atoms with E-state index in [1.165, 1.54) is 19.3 Å². The molecule has 1 unspecified atom stereocenters. The molecule has 2 fully saturated rings. The fourth-order valence-electron chi connectivity index (χ4n) is 5.29. The number of H-pyrrole nitrogens is 1. The van der Waals surface area contributed by atoms with Crippen LogP contribution in [0.4, 0.5) is 0 Å². The maximum absolute atomic E-state index is 13.3. The molecule has 31 heavy (non-hydrogen) atoms. The SMILES string of the molecule is Cc1ccc2cc(C(c3nnnn3C3CCCCC3)N3CCC(C)CC3)c(=O)[nH]c2c1. The number of nitrogens with one attached hydrogen (secondary N) is 1. The zero-order valence-corrected chi connectivity index (χ0v) is 18.5. The van der Waals surface area contributed by atoms with Crippen molar-refractivity contribution in [2.24, 2.45) is 5.92 Å². The van der Waals surface area contributed by atoms with Gasteiger partial charge in [0.05, 0.1) is 6.04 Å². The number of aryl methyl sites for hydroxylation is 1. The fourth-order valence-corrected chi connectivity index (χ4v) is 5.29. The molecule has 0 spiro atoms. The van der Waals surface area contributed by atoms with Crippen LogP contribution in [0.1, 0.15) is 80.9 Å². The van der Waals surface area contributed by atoms with Crippen molar-refractivity contribution in [2.45, 2.75) is 70.9 Å². The molecule has 0 amide bonds. The number of piperidine rings is 1. The summed E-state index contributed by atoms with van der Waals surface area (Å²) in [4.78, 5) is 18.9. The van der Waals surface area contributed by atoms with Gasteiger partial charge < -0.3 is 4.98 Å². The summed E-state index contributed by atoms with van der Waals surface area (Å²) >= 11 is 0. The summed E-state index contributed by atoms with van der Waals surface area (Å²) in [6.07, 6.45) is 8.19. The number of hydrogen-bond acceptors (Lipinski definition) is 5. The second-order valence-electron chi connectivity index (χ2n) is 9.54. The van der Waals surface area contributed by atoms with Crippen LogP contribution in [0.3, 0.4) is 0 Å². The third-order valence-corrected chi connectivity index (χ3v) is 7.19. The molecule has 1 N–H and O–H groups in total. The standard InChI is InChI=1S/C24H32N6O/c1-16-10-12-29(13-11-16)22(23-26-27-28-30(23)19-6-4-3-5-7-19)20-15-18-9-8-17(2)14-21(18)25-24(20)31/h8-9,14-16,19,22H,3-7,10-13H2,1-2H3,(H,25,31). The molecule has 0 radical (unpaired) electrons. The quantitative estimate of drug-likeness (QED) is 0.686. The van der Waals surface area contributed by atoms with E-state index in [0.29, 0.717) is 12.0 Å². The third kappa shape index (κ3) is 4.03. The van der Waals surface area contributed by atoms with E-state index in [-0.39, 0.29) is 11.6 Å². The molecule has 1 saturated carbocycles. The topological polar surface area (TPSA) is 79.7 Å². The molecule has 164 valence electrons. The molecule has 7 nitrogen and oxygen atoms in total. The minimum absolute atomic E-state index is 0.0417. The first-order valence-corrected chi connectivity index (χ1v) is 11.8. The summed E-state index contributed by atoms with van der Waals surface area (Å²) in [5.41, 5.74) is 2.73. The van der Waals surface area contributed by atoms with Gasteiger partial charge in [0, 0.05) is 11.1 Å². The van der Waals surface area contributed by atoms with E-state index in [1.54, 1.807) is 0 Å². The lowest BCUT2D eigenvalue weighted by molar-refractivity contribution is 0.146. The van der Waals surface area contributed by atoms with Crippen molar-refractivity contribution in [3.8, 4) is 0 Å². The van der Waals surface area contributed by atoms with E-state index >= 15 is 0 Å². The number of benzene rings is 1. The van der Waals surface area contributed by atoms with Gasteiger partial charge in [0.1, 0.15) is 6.04 Å². The van der Waals surface area contributed by atoms with E-state index in [2.05, 4.69) is 50.5 Å². The van der Waals surface area contributed by atoms with Gasteiger partial charge in [-0.2, -0.15) is 0 Å². The molecule has 0 bridgehead atoms. The van der Waals surface area contributed by atoms with Gasteiger partial charge >= 0.3 is 0 Å². The second kappa shape index (κ2) is 8.54. The van der Waals surface area contributed by atoms with Crippen molar-refractivity contribution in [3.63, 3.8) is 0 Å². The number of tetrazole rings is 1. The predicted molar refractivity (Wildman–Crippen MR) is 121 cm³/mol. The molecule has 2 aliphatic rings. The van der Waals surface area contributed by atoms with Crippen LogP contribution < -0.4 is 5.56 Å². The summed E-state index contributed by atoms with van der Waals surface area (Å²) in [5, 5.41) is 14.1. The highest BCUT2D eigenvalue weighted by Gasteiger charge is 2.34.